The van der Waals surface area contributed by atoms with E-state index >= 15 is 0 Å². The summed E-state index contributed by atoms with van der Waals surface area (Å²) in [6.45, 7) is 7.54. The summed E-state index contributed by atoms with van der Waals surface area (Å²) in [7, 11) is 0. The maximum Gasteiger partial charge on any atom is 0.338 e. The highest BCUT2D eigenvalue weighted by Crippen LogP contribution is 2.10. The number of amides is 1. The van der Waals surface area contributed by atoms with Crippen LogP contribution >= 0.6 is 0 Å². The van der Waals surface area contributed by atoms with Crippen molar-refractivity contribution < 1.29 is 14.3 Å². The molecule has 0 unspecified atom stereocenters. The van der Waals surface area contributed by atoms with Gasteiger partial charge in [0.05, 0.1) is 12.2 Å². The van der Waals surface area contributed by atoms with E-state index in [0.717, 1.165) is 0 Å². The van der Waals surface area contributed by atoms with E-state index < -0.39 is 0 Å². The van der Waals surface area contributed by atoms with Gasteiger partial charge in [-0.2, -0.15) is 0 Å². The highest BCUT2D eigenvalue weighted by Gasteiger charge is 2.05. The third kappa shape index (κ3) is 5.70. The minimum atomic E-state index is -0.355. The van der Waals surface area contributed by atoms with E-state index in [0.29, 0.717) is 17.9 Å². The second-order valence-electron chi connectivity index (χ2n) is 2.98. The second kappa shape index (κ2) is 8.33. The SMILES string of the molecule is CC.CCOC(=O)c1ccc(NC(C)=O)cc1. The fraction of sp³-hybridized carbons (Fsp3) is 0.385. The highest BCUT2D eigenvalue weighted by atomic mass is 16.5. The molecule has 1 rings (SSSR count). The molecule has 0 heterocycles. The Kier molecular flexibility index (Phi) is 7.43. The van der Waals surface area contributed by atoms with E-state index in [1.54, 1.807) is 31.2 Å². The third-order valence-electron chi connectivity index (χ3n) is 1.72. The van der Waals surface area contributed by atoms with E-state index in [2.05, 4.69) is 5.32 Å². The Hall–Kier alpha value is -1.84. The highest BCUT2D eigenvalue weighted by molar-refractivity contribution is 5.92. The number of rotatable bonds is 3. The number of ether oxygens (including phenoxy) is 1. The summed E-state index contributed by atoms with van der Waals surface area (Å²) in [6, 6.07) is 6.55. The van der Waals surface area contributed by atoms with Crippen LogP contribution in [0.25, 0.3) is 0 Å². The van der Waals surface area contributed by atoms with Gasteiger partial charge in [-0.25, -0.2) is 4.79 Å². The Morgan fingerprint density at radius 3 is 2.12 bits per heavy atom. The smallest absolute Gasteiger partial charge is 0.338 e. The maximum atomic E-state index is 11.3. The number of hydrogen-bond donors (Lipinski definition) is 1. The molecule has 17 heavy (non-hydrogen) atoms. The zero-order valence-electron chi connectivity index (χ0n) is 10.7. The van der Waals surface area contributed by atoms with Crippen molar-refractivity contribution in [3.63, 3.8) is 0 Å². The van der Waals surface area contributed by atoms with Crippen LogP contribution in [0.15, 0.2) is 24.3 Å². The summed E-state index contributed by atoms with van der Waals surface area (Å²) >= 11 is 0. The molecule has 0 saturated carbocycles. The molecule has 0 aliphatic rings. The van der Waals surface area contributed by atoms with E-state index in [1.165, 1.54) is 6.92 Å². The Morgan fingerprint density at radius 1 is 1.18 bits per heavy atom. The van der Waals surface area contributed by atoms with Crippen molar-refractivity contribution >= 4 is 17.6 Å². The van der Waals surface area contributed by atoms with Gasteiger partial charge in [-0.05, 0) is 31.2 Å². The predicted octanol–water partition coefficient (Wildman–Crippen LogP) is 2.85. The number of esters is 1. The molecule has 4 nitrogen and oxygen atoms in total. The van der Waals surface area contributed by atoms with Gasteiger partial charge < -0.3 is 10.1 Å². The molecule has 4 heteroatoms. The van der Waals surface area contributed by atoms with Gasteiger partial charge in [0.1, 0.15) is 0 Å². The van der Waals surface area contributed by atoms with Gasteiger partial charge in [0.15, 0.2) is 0 Å². The minimum Gasteiger partial charge on any atom is -0.462 e. The van der Waals surface area contributed by atoms with Crippen LogP contribution < -0.4 is 5.32 Å². The average molecular weight is 237 g/mol. The van der Waals surface area contributed by atoms with Crippen molar-refractivity contribution in [1.82, 2.24) is 0 Å². The number of carbonyl (C=O) groups is 2. The molecule has 0 radical (unpaired) electrons. The maximum absolute atomic E-state index is 11.3. The number of carbonyl (C=O) groups excluding carboxylic acids is 2. The molecule has 0 aliphatic carbocycles. The monoisotopic (exact) mass is 237 g/mol. The van der Waals surface area contributed by atoms with Crippen LogP contribution in [0.5, 0.6) is 0 Å². The normalized spacial score (nSPS) is 8.71. The quantitative estimate of drug-likeness (QED) is 0.822. The van der Waals surface area contributed by atoms with Gasteiger partial charge in [0.25, 0.3) is 0 Å². The van der Waals surface area contributed by atoms with Crippen LogP contribution in [0.4, 0.5) is 5.69 Å². The molecule has 0 fully saturated rings. The molecule has 0 atom stereocenters. The number of nitrogens with one attached hydrogen (secondary N) is 1. The zero-order valence-corrected chi connectivity index (χ0v) is 10.7. The lowest BCUT2D eigenvalue weighted by Crippen LogP contribution is -2.07. The standard InChI is InChI=1S/C11H13NO3.C2H6/c1-3-15-11(14)9-4-6-10(7-5-9)12-8(2)13;1-2/h4-7H,3H2,1-2H3,(H,12,13);1-2H3. The molecule has 0 bridgehead atoms. The minimum absolute atomic E-state index is 0.140. The summed E-state index contributed by atoms with van der Waals surface area (Å²) in [5, 5.41) is 2.61. The van der Waals surface area contributed by atoms with E-state index in [4.69, 9.17) is 4.74 Å². The fourth-order valence-corrected chi connectivity index (χ4v) is 1.11. The fourth-order valence-electron chi connectivity index (χ4n) is 1.11. The van der Waals surface area contributed by atoms with Gasteiger partial charge in [0.2, 0.25) is 5.91 Å². The number of anilines is 1. The first-order valence-electron chi connectivity index (χ1n) is 5.68. The van der Waals surface area contributed by atoms with Gasteiger partial charge >= 0.3 is 5.97 Å². The Balaban J connectivity index is 0.00000121. The van der Waals surface area contributed by atoms with Crippen molar-refractivity contribution in [3.8, 4) is 0 Å². The van der Waals surface area contributed by atoms with Crippen molar-refractivity contribution in [1.29, 1.82) is 0 Å². The molecule has 1 N–H and O–H groups in total. The molecular weight excluding hydrogens is 218 g/mol. The third-order valence-corrected chi connectivity index (χ3v) is 1.72. The first kappa shape index (κ1) is 15.2. The van der Waals surface area contributed by atoms with Crippen molar-refractivity contribution in [2.75, 3.05) is 11.9 Å². The van der Waals surface area contributed by atoms with Gasteiger partial charge in [-0.3, -0.25) is 4.79 Å². The molecule has 0 aliphatic heterocycles. The topological polar surface area (TPSA) is 55.4 Å². The Morgan fingerprint density at radius 2 is 1.71 bits per heavy atom. The average Bonchev–Trinajstić information content (AvgIpc) is 2.32. The molecule has 94 valence electrons. The van der Waals surface area contributed by atoms with Crippen LogP contribution in [0.1, 0.15) is 38.1 Å². The van der Waals surface area contributed by atoms with E-state index in [1.807, 2.05) is 13.8 Å². The summed E-state index contributed by atoms with van der Waals surface area (Å²) in [5.41, 5.74) is 1.14. The molecule has 0 spiro atoms. The molecule has 1 amide bonds. The summed E-state index contributed by atoms with van der Waals surface area (Å²) < 4.78 is 4.82. The van der Waals surface area contributed by atoms with Gasteiger partial charge in [-0.1, -0.05) is 13.8 Å². The lowest BCUT2D eigenvalue weighted by molar-refractivity contribution is -0.114. The molecular formula is C13H19NO3. The lowest BCUT2D eigenvalue weighted by atomic mass is 10.2. The Bertz CT molecular complexity index is 357. The number of benzene rings is 1. The first-order chi connectivity index (χ1) is 8.13. The van der Waals surface area contributed by atoms with Gasteiger partial charge in [-0.15, -0.1) is 0 Å². The molecule has 0 aromatic heterocycles. The second-order valence-corrected chi connectivity index (χ2v) is 2.98. The van der Waals surface area contributed by atoms with Crippen LogP contribution in [-0.4, -0.2) is 18.5 Å². The first-order valence-corrected chi connectivity index (χ1v) is 5.68. The van der Waals surface area contributed by atoms with Crippen LogP contribution in [0, 0.1) is 0 Å². The van der Waals surface area contributed by atoms with Crippen LogP contribution in [0.3, 0.4) is 0 Å². The molecule has 1 aromatic rings. The van der Waals surface area contributed by atoms with Crippen LogP contribution in [-0.2, 0) is 9.53 Å². The molecule has 1 aromatic carbocycles. The summed E-state index contributed by atoms with van der Waals surface area (Å²) in [6.07, 6.45) is 0. The van der Waals surface area contributed by atoms with Crippen molar-refractivity contribution in [2.24, 2.45) is 0 Å². The lowest BCUT2D eigenvalue weighted by Gasteiger charge is -2.04. The predicted molar refractivity (Wildman–Crippen MR) is 68.1 cm³/mol. The van der Waals surface area contributed by atoms with Crippen molar-refractivity contribution in [2.45, 2.75) is 27.7 Å². The summed E-state index contributed by atoms with van der Waals surface area (Å²) in [4.78, 5) is 22.0. The number of hydrogen-bond acceptors (Lipinski definition) is 3. The largest absolute Gasteiger partial charge is 0.462 e. The molecule has 0 saturated heterocycles. The van der Waals surface area contributed by atoms with Crippen molar-refractivity contribution in [3.05, 3.63) is 29.8 Å². The van der Waals surface area contributed by atoms with E-state index in [-0.39, 0.29) is 11.9 Å². The van der Waals surface area contributed by atoms with Crippen LogP contribution in [0.2, 0.25) is 0 Å². The summed E-state index contributed by atoms with van der Waals surface area (Å²) in [5.74, 6) is -0.495. The Labute approximate surface area is 102 Å². The van der Waals surface area contributed by atoms with Gasteiger partial charge in [0, 0.05) is 12.6 Å². The van der Waals surface area contributed by atoms with E-state index in [9.17, 15) is 9.59 Å². The zero-order chi connectivity index (χ0) is 13.3.